The number of non-ortho nitro benzene ring substituents is 1. The molecule has 3 rings (SSSR count). The van der Waals surface area contributed by atoms with Crippen LogP contribution < -0.4 is 4.90 Å². The molecule has 1 heterocycles. The first kappa shape index (κ1) is 17.9. The van der Waals surface area contributed by atoms with Crippen molar-refractivity contribution in [2.45, 2.75) is 13.3 Å². The zero-order chi connectivity index (χ0) is 18.5. The molecule has 0 aliphatic heterocycles. The van der Waals surface area contributed by atoms with E-state index in [-0.39, 0.29) is 12.4 Å². The summed E-state index contributed by atoms with van der Waals surface area (Å²) in [5.41, 5.74) is 2.26. The third-order valence-electron chi connectivity index (χ3n) is 3.70. The minimum atomic E-state index is -0.434. The van der Waals surface area contributed by atoms with E-state index >= 15 is 0 Å². The van der Waals surface area contributed by atoms with E-state index in [0.717, 1.165) is 18.7 Å². The van der Waals surface area contributed by atoms with Crippen molar-refractivity contribution in [1.82, 2.24) is 4.98 Å². The van der Waals surface area contributed by atoms with Crippen LogP contribution in [-0.2, 0) is 0 Å². The van der Waals surface area contributed by atoms with Gasteiger partial charge in [0.25, 0.3) is 5.69 Å². The van der Waals surface area contributed by atoms with Gasteiger partial charge >= 0.3 is 0 Å². The molecular weight excluding hydrogens is 354 g/mol. The predicted molar refractivity (Wildman–Crippen MR) is 102 cm³/mol. The van der Waals surface area contributed by atoms with E-state index in [1.807, 2.05) is 29.2 Å². The van der Waals surface area contributed by atoms with Crippen LogP contribution in [0.1, 0.15) is 13.3 Å². The van der Waals surface area contributed by atoms with Crippen molar-refractivity contribution in [2.24, 2.45) is 10.2 Å². The second-order valence-electron chi connectivity index (χ2n) is 5.53. The molecule has 0 saturated carbocycles. The summed E-state index contributed by atoms with van der Waals surface area (Å²) >= 11 is 1.25. The van der Waals surface area contributed by atoms with Gasteiger partial charge in [-0.25, -0.2) is 4.98 Å². The molecule has 0 saturated heterocycles. The van der Waals surface area contributed by atoms with Crippen LogP contribution in [0.4, 0.5) is 22.2 Å². The Morgan fingerprint density at radius 2 is 2.00 bits per heavy atom. The zero-order valence-electron chi connectivity index (χ0n) is 14.1. The lowest BCUT2D eigenvalue weighted by Crippen LogP contribution is -2.24. The van der Waals surface area contributed by atoms with Crippen molar-refractivity contribution in [3.63, 3.8) is 0 Å². The number of nitro benzene ring substituents is 1. The summed E-state index contributed by atoms with van der Waals surface area (Å²) in [6, 6.07) is 11.9. The number of nitrogens with zero attached hydrogens (tertiary/aromatic N) is 5. The maximum absolute atomic E-state index is 10.8. The number of nitro groups is 1. The van der Waals surface area contributed by atoms with Crippen LogP contribution >= 0.6 is 11.3 Å². The summed E-state index contributed by atoms with van der Waals surface area (Å²) in [4.78, 5) is 16.6. The molecule has 3 aromatic rings. The van der Waals surface area contributed by atoms with Gasteiger partial charge in [0, 0.05) is 24.4 Å². The Bertz CT molecular complexity index is 939. The molecule has 0 radical (unpaired) electrons. The van der Waals surface area contributed by atoms with Crippen LogP contribution in [0, 0.1) is 10.1 Å². The lowest BCUT2D eigenvalue weighted by molar-refractivity contribution is -0.384. The molecule has 0 bridgehead atoms. The number of aromatic nitrogens is 1. The normalized spacial score (nSPS) is 11.3. The van der Waals surface area contributed by atoms with E-state index in [1.54, 1.807) is 6.07 Å². The topological polar surface area (TPSA) is 104 Å². The second kappa shape index (κ2) is 7.98. The number of aliphatic hydroxyl groups is 1. The summed E-state index contributed by atoms with van der Waals surface area (Å²) in [6.07, 6.45) is 0.942. The summed E-state index contributed by atoms with van der Waals surface area (Å²) in [7, 11) is 0. The first-order valence-corrected chi connectivity index (χ1v) is 8.85. The quantitative estimate of drug-likeness (QED) is 0.278. The minimum Gasteiger partial charge on any atom is -0.376 e. The lowest BCUT2D eigenvalue weighted by Gasteiger charge is -2.21. The average molecular weight is 371 g/mol. The molecule has 0 spiro atoms. The highest BCUT2D eigenvalue weighted by molar-refractivity contribution is 7.21. The van der Waals surface area contributed by atoms with Gasteiger partial charge in [-0.2, -0.15) is 0 Å². The fourth-order valence-corrected chi connectivity index (χ4v) is 3.26. The largest absolute Gasteiger partial charge is 0.376 e. The van der Waals surface area contributed by atoms with Gasteiger partial charge < -0.3 is 10.0 Å². The third kappa shape index (κ3) is 4.01. The SMILES string of the molecule is CCCN(CO)c1ccc(/N=N/c2nc3ccc([N+](=O)[O-])cc3s2)cc1. The summed E-state index contributed by atoms with van der Waals surface area (Å²) in [5, 5.41) is 28.9. The van der Waals surface area contributed by atoms with Gasteiger partial charge in [0.15, 0.2) is 0 Å². The van der Waals surface area contributed by atoms with E-state index in [0.29, 0.717) is 21.0 Å². The molecule has 0 atom stereocenters. The summed E-state index contributed by atoms with van der Waals surface area (Å²) < 4.78 is 0.696. The van der Waals surface area contributed by atoms with Crippen molar-refractivity contribution in [1.29, 1.82) is 0 Å². The number of anilines is 1. The maximum atomic E-state index is 10.8. The van der Waals surface area contributed by atoms with Crippen molar-refractivity contribution >= 4 is 43.7 Å². The van der Waals surface area contributed by atoms with Gasteiger partial charge in [-0.05, 0) is 36.8 Å². The molecule has 1 N–H and O–H groups in total. The van der Waals surface area contributed by atoms with Crippen LogP contribution in [0.2, 0.25) is 0 Å². The molecular formula is C17H17N5O3S. The number of benzene rings is 2. The molecule has 2 aromatic carbocycles. The number of rotatable bonds is 7. The summed E-state index contributed by atoms with van der Waals surface area (Å²) in [6.45, 7) is 2.79. The second-order valence-corrected chi connectivity index (χ2v) is 6.54. The highest BCUT2D eigenvalue weighted by Gasteiger charge is 2.10. The average Bonchev–Trinajstić information content (AvgIpc) is 3.07. The highest BCUT2D eigenvalue weighted by atomic mass is 32.1. The Morgan fingerprint density at radius 1 is 1.23 bits per heavy atom. The Kier molecular flexibility index (Phi) is 5.49. The van der Waals surface area contributed by atoms with Crippen LogP contribution in [0.25, 0.3) is 10.2 Å². The third-order valence-corrected chi connectivity index (χ3v) is 4.60. The van der Waals surface area contributed by atoms with E-state index in [9.17, 15) is 15.2 Å². The van der Waals surface area contributed by atoms with Crippen molar-refractivity contribution in [3.05, 3.63) is 52.6 Å². The fourth-order valence-electron chi connectivity index (χ4n) is 2.44. The zero-order valence-corrected chi connectivity index (χ0v) is 14.9. The van der Waals surface area contributed by atoms with Crippen LogP contribution in [-0.4, -0.2) is 28.3 Å². The van der Waals surface area contributed by atoms with E-state index in [2.05, 4.69) is 22.1 Å². The lowest BCUT2D eigenvalue weighted by atomic mass is 10.2. The number of hydrogen-bond donors (Lipinski definition) is 1. The van der Waals surface area contributed by atoms with E-state index in [4.69, 9.17) is 0 Å². The van der Waals surface area contributed by atoms with Crippen LogP contribution in [0.3, 0.4) is 0 Å². The first-order valence-electron chi connectivity index (χ1n) is 8.03. The van der Waals surface area contributed by atoms with Gasteiger partial charge in [0.2, 0.25) is 5.13 Å². The molecule has 0 aliphatic rings. The van der Waals surface area contributed by atoms with Gasteiger partial charge in [0.05, 0.1) is 20.8 Å². The number of hydrogen-bond acceptors (Lipinski definition) is 8. The fraction of sp³-hybridized carbons (Fsp3) is 0.235. The molecule has 26 heavy (non-hydrogen) atoms. The van der Waals surface area contributed by atoms with Crippen LogP contribution in [0.15, 0.2) is 52.7 Å². The number of azo groups is 1. The molecule has 8 nitrogen and oxygen atoms in total. The predicted octanol–water partition coefficient (Wildman–Crippen LogP) is 4.79. The van der Waals surface area contributed by atoms with Crippen LogP contribution in [0.5, 0.6) is 0 Å². The monoisotopic (exact) mass is 371 g/mol. The van der Waals surface area contributed by atoms with Crippen molar-refractivity contribution < 1.29 is 10.0 Å². The molecule has 0 aliphatic carbocycles. The van der Waals surface area contributed by atoms with Gasteiger partial charge in [-0.3, -0.25) is 10.1 Å². The smallest absolute Gasteiger partial charge is 0.270 e. The Hall–Kier alpha value is -2.91. The summed E-state index contributed by atoms with van der Waals surface area (Å²) in [5.74, 6) is 0. The van der Waals surface area contributed by atoms with Gasteiger partial charge in [0.1, 0.15) is 6.73 Å². The Labute approximate surface area is 153 Å². The van der Waals surface area contributed by atoms with Gasteiger partial charge in [-0.15, -0.1) is 10.2 Å². The minimum absolute atomic E-state index is 0.0285. The number of aliphatic hydroxyl groups excluding tert-OH is 1. The molecule has 0 fully saturated rings. The van der Waals surface area contributed by atoms with E-state index in [1.165, 1.54) is 23.5 Å². The van der Waals surface area contributed by atoms with E-state index < -0.39 is 4.92 Å². The Morgan fingerprint density at radius 3 is 2.65 bits per heavy atom. The Balaban J connectivity index is 1.77. The van der Waals surface area contributed by atoms with Crippen molar-refractivity contribution in [3.8, 4) is 0 Å². The molecule has 9 heteroatoms. The number of thiazole rings is 1. The highest BCUT2D eigenvalue weighted by Crippen LogP contribution is 2.32. The first-order chi connectivity index (χ1) is 12.6. The number of fused-ring (bicyclic) bond motifs is 1. The van der Waals surface area contributed by atoms with Crippen molar-refractivity contribution in [2.75, 3.05) is 18.2 Å². The molecule has 0 unspecified atom stereocenters. The molecule has 0 amide bonds. The molecule has 134 valence electrons. The molecule has 1 aromatic heterocycles. The van der Waals surface area contributed by atoms with Gasteiger partial charge in [-0.1, -0.05) is 18.3 Å². The maximum Gasteiger partial charge on any atom is 0.270 e. The standard InChI is InChI=1S/C17H17N5O3S/c1-2-9-21(11-23)13-5-3-12(4-6-13)19-20-17-18-15-8-7-14(22(24)25)10-16(15)26-17/h3-8,10,23H,2,9,11H2,1H3/b20-19+.